The molecular weight excluding hydrogens is 338 g/mol. The van der Waals surface area contributed by atoms with Crippen LogP contribution in [0.4, 0.5) is 4.79 Å². The predicted molar refractivity (Wildman–Crippen MR) is 110 cm³/mol. The van der Waals surface area contributed by atoms with E-state index in [0.717, 1.165) is 25.7 Å². The van der Waals surface area contributed by atoms with Gasteiger partial charge >= 0.3 is 6.09 Å². The third kappa shape index (κ3) is 5.95. The monoisotopic (exact) mass is 375 g/mol. The number of fused-ring (bicyclic) bond motifs is 1. The summed E-state index contributed by atoms with van der Waals surface area (Å²) in [4.78, 5) is 27.2. The minimum atomic E-state index is -0.552. The summed E-state index contributed by atoms with van der Waals surface area (Å²) in [6, 6.07) is -0.294. The first kappa shape index (κ1) is 21.7. The van der Waals surface area contributed by atoms with Gasteiger partial charge in [0.05, 0.1) is 6.04 Å². The van der Waals surface area contributed by atoms with Gasteiger partial charge < -0.3 is 4.74 Å². The lowest BCUT2D eigenvalue weighted by atomic mass is 9.69. The minimum absolute atomic E-state index is 0.0972. The number of amides is 1. The van der Waals surface area contributed by atoms with Crippen LogP contribution in [0.5, 0.6) is 0 Å². The lowest BCUT2D eigenvalue weighted by Gasteiger charge is -2.49. The molecule has 0 radical (unpaired) electrons. The van der Waals surface area contributed by atoms with Crippen molar-refractivity contribution in [1.29, 1.82) is 0 Å². The van der Waals surface area contributed by atoms with Gasteiger partial charge in [-0.15, -0.1) is 0 Å². The highest BCUT2D eigenvalue weighted by Gasteiger charge is 2.47. The van der Waals surface area contributed by atoms with Crippen LogP contribution in [0.1, 0.15) is 79.6 Å². The van der Waals surface area contributed by atoms with Crippen LogP contribution in [0.3, 0.4) is 0 Å². The molecule has 4 heteroatoms. The van der Waals surface area contributed by atoms with Crippen LogP contribution in [-0.2, 0) is 9.53 Å². The van der Waals surface area contributed by atoms with Gasteiger partial charge in [0.25, 0.3) is 0 Å². The highest BCUT2D eigenvalue weighted by Crippen LogP contribution is 2.41. The van der Waals surface area contributed by atoms with Crippen LogP contribution < -0.4 is 0 Å². The van der Waals surface area contributed by atoms with Crippen molar-refractivity contribution < 1.29 is 14.3 Å². The van der Waals surface area contributed by atoms with Gasteiger partial charge in [0.15, 0.2) is 5.78 Å². The maximum atomic E-state index is 12.8. The molecule has 0 spiro atoms. The molecule has 0 aromatic heterocycles. The molecule has 0 aromatic rings. The van der Waals surface area contributed by atoms with Crippen LogP contribution in [0.15, 0.2) is 24.3 Å². The molecule has 0 bridgehead atoms. The number of hydrogen-bond acceptors (Lipinski definition) is 3. The summed E-state index contributed by atoms with van der Waals surface area (Å²) in [7, 11) is 0. The zero-order chi connectivity index (χ0) is 20.0. The first-order valence-corrected chi connectivity index (χ1v) is 10.6. The molecule has 1 heterocycles. The van der Waals surface area contributed by atoms with E-state index < -0.39 is 11.6 Å². The summed E-state index contributed by atoms with van der Waals surface area (Å²) in [6.07, 6.45) is 15.6. The summed E-state index contributed by atoms with van der Waals surface area (Å²) in [5.74, 6) is 0.706. The maximum absolute atomic E-state index is 12.8. The molecule has 1 saturated carbocycles. The van der Waals surface area contributed by atoms with Gasteiger partial charge in [0, 0.05) is 12.5 Å². The van der Waals surface area contributed by atoms with Gasteiger partial charge in [-0.25, -0.2) is 4.79 Å². The molecule has 27 heavy (non-hydrogen) atoms. The average molecular weight is 376 g/mol. The molecule has 0 unspecified atom stereocenters. The quantitative estimate of drug-likeness (QED) is 0.459. The Bertz CT molecular complexity index is 573. The molecule has 2 aliphatic rings. The highest BCUT2D eigenvalue weighted by molar-refractivity contribution is 5.89. The Morgan fingerprint density at radius 3 is 2.67 bits per heavy atom. The first-order valence-electron chi connectivity index (χ1n) is 10.6. The van der Waals surface area contributed by atoms with Crippen molar-refractivity contribution in [3.05, 3.63) is 24.3 Å². The van der Waals surface area contributed by atoms with Gasteiger partial charge in [-0.3, -0.25) is 9.69 Å². The second kappa shape index (κ2) is 9.57. The Balaban J connectivity index is 2.12. The molecular formula is C23H37NO3. The summed E-state index contributed by atoms with van der Waals surface area (Å²) in [6.45, 7) is 9.66. The van der Waals surface area contributed by atoms with E-state index >= 15 is 0 Å². The molecule has 0 aromatic carbocycles. The number of ketones is 1. The number of likely N-dealkylation sites (tertiary alicyclic amines) is 1. The predicted octanol–water partition coefficient (Wildman–Crippen LogP) is 5.67. The second-order valence-corrected chi connectivity index (χ2v) is 9.02. The minimum Gasteiger partial charge on any atom is -0.444 e. The van der Waals surface area contributed by atoms with Crippen molar-refractivity contribution in [3.8, 4) is 0 Å². The standard InChI is InChI=1S/C23H37NO3/c1-6-7-8-9-10-11-13-18-14-12-15-20-19(18)16-21(25)17(2)24(20)22(26)27-23(3,4)5/h9-11,13,17-20H,6-8,12,14-16H2,1-5H3/b10-9+,13-11+/t17-,18+,19-,20+/m0/s1. The van der Waals surface area contributed by atoms with Gasteiger partial charge in [-0.05, 0) is 58.8 Å². The number of carbonyl (C=O) groups is 2. The summed E-state index contributed by atoms with van der Waals surface area (Å²) >= 11 is 0. The van der Waals surface area contributed by atoms with E-state index in [1.54, 1.807) is 4.90 Å². The van der Waals surface area contributed by atoms with Crippen molar-refractivity contribution in [2.24, 2.45) is 11.8 Å². The van der Waals surface area contributed by atoms with Crippen LogP contribution in [0.2, 0.25) is 0 Å². The zero-order valence-corrected chi connectivity index (χ0v) is 17.7. The fourth-order valence-electron chi connectivity index (χ4n) is 4.30. The summed E-state index contributed by atoms with van der Waals surface area (Å²) in [5.41, 5.74) is -0.552. The summed E-state index contributed by atoms with van der Waals surface area (Å²) < 4.78 is 5.62. The number of piperidine rings is 1. The Morgan fingerprint density at radius 1 is 1.26 bits per heavy atom. The number of nitrogens with zero attached hydrogens (tertiary/aromatic N) is 1. The van der Waals surface area contributed by atoms with Crippen molar-refractivity contribution >= 4 is 11.9 Å². The average Bonchev–Trinajstić information content (AvgIpc) is 2.57. The van der Waals surface area contributed by atoms with Crippen molar-refractivity contribution in [2.75, 3.05) is 0 Å². The van der Waals surface area contributed by atoms with Gasteiger partial charge in [-0.1, -0.05) is 50.5 Å². The Hall–Kier alpha value is -1.58. The number of allylic oxidation sites excluding steroid dienone is 4. The number of hydrogen-bond donors (Lipinski definition) is 0. The Labute approximate surface area is 165 Å². The molecule has 1 saturated heterocycles. The molecule has 1 aliphatic heterocycles. The molecule has 1 amide bonds. The fraction of sp³-hybridized carbons (Fsp3) is 0.739. The molecule has 1 aliphatic carbocycles. The largest absolute Gasteiger partial charge is 0.444 e. The van der Waals surface area contributed by atoms with E-state index in [4.69, 9.17) is 4.74 Å². The highest BCUT2D eigenvalue weighted by atomic mass is 16.6. The second-order valence-electron chi connectivity index (χ2n) is 9.02. The molecule has 0 N–H and O–H groups in total. The van der Waals surface area contributed by atoms with Crippen LogP contribution in [0, 0.1) is 11.8 Å². The zero-order valence-electron chi connectivity index (χ0n) is 17.7. The summed E-state index contributed by atoms with van der Waals surface area (Å²) in [5, 5.41) is 0. The van der Waals surface area contributed by atoms with Crippen molar-refractivity contribution in [3.63, 3.8) is 0 Å². The van der Waals surface area contributed by atoms with Gasteiger partial charge in [0.1, 0.15) is 5.60 Å². The first-order chi connectivity index (χ1) is 12.7. The smallest absolute Gasteiger partial charge is 0.411 e. The van der Waals surface area contributed by atoms with E-state index in [2.05, 4.69) is 31.2 Å². The molecule has 2 rings (SSSR count). The van der Waals surface area contributed by atoms with Crippen LogP contribution in [0.25, 0.3) is 0 Å². The lowest BCUT2D eigenvalue weighted by molar-refractivity contribution is -0.133. The SMILES string of the molecule is CCCC/C=C/C=C/[C@@H]1CCC[C@@H]2[C@H]1CC(=O)[C@H](C)N2C(=O)OC(C)(C)C. The van der Waals surface area contributed by atoms with E-state index in [1.165, 1.54) is 12.8 Å². The fourth-order valence-corrected chi connectivity index (χ4v) is 4.30. The van der Waals surface area contributed by atoms with Gasteiger partial charge in [-0.2, -0.15) is 0 Å². The number of rotatable bonds is 5. The lowest BCUT2D eigenvalue weighted by Crippen LogP contribution is -2.59. The third-order valence-electron chi connectivity index (χ3n) is 5.69. The third-order valence-corrected chi connectivity index (χ3v) is 5.69. The van der Waals surface area contributed by atoms with E-state index in [-0.39, 0.29) is 23.8 Å². The van der Waals surface area contributed by atoms with E-state index in [1.807, 2.05) is 27.7 Å². The number of ether oxygens (including phenoxy) is 1. The van der Waals surface area contributed by atoms with Crippen LogP contribution in [-0.4, -0.2) is 34.5 Å². The number of carbonyl (C=O) groups excluding carboxylic acids is 2. The Morgan fingerprint density at radius 2 is 2.00 bits per heavy atom. The maximum Gasteiger partial charge on any atom is 0.411 e. The van der Waals surface area contributed by atoms with Crippen LogP contribution >= 0.6 is 0 Å². The Kier molecular flexibility index (Phi) is 7.69. The molecule has 4 atom stereocenters. The van der Waals surface area contributed by atoms with Crippen molar-refractivity contribution in [2.45, 2.75) is 97.2 Å². The normalized spacial score (nSPS) is 29.4. The molecule has 152 valence electrons. The van der Waals surface area contributed by atoms with E-state index in [9.17, 15) is 9.59 Å². The van der Waals surface area contributed by atoms with Gasteiger partial charge in [0.2, 0.25) is 0 Å². The number of unbranched alkanes of at least 4 members (excludes halogenated alkanes) is 2. The topological polar surface area (TPSA) is 46.6 Å². The van der Waals surface area contributed by atoms with E-state index in [0.29, 0.717) is 12.3 Å². The van der Waals surface area contributed by atoms with Crippen molar-refractivity contribution in [1.82, 2.24) is 4.90 Å². The number of Topliss-reactive ketones (excluding diaryl/α,β-unsaturated/α-hetero) is 1. The molecule has 2 fully saturated rings. The molecule has 4 nitrogen and oxygen atoms in total.